The van der Waals surface area contributed by atoms with Crippen LogP contribution in [0.25, 0.3) is 53.1 Å². The molecule has 1 N–H and O–H groups in total. The minimum Gasteiger partial charge on any atom is -0.444 e. The monoisotopic (exact) mass is 683 g/mol. The molecule has 0 amide bonds. The first-order chi connectivity index (χ1) is 23.4. The molecule has 7 aromatic rings. The zero-order valence-electron chi connectivity index (χ0n) is 24.8. The first kappa shape index (κ1) is 28.9. The van der Waals surface area contributed by atoms with E-state index in [0.29, 0.717) is 33.4 Å². The Morgan fingerprint density at radius 2 is 1.40 bits per heavy atom. The van der Waals surface area contributed by atoms with Gasteiger partial charge in [-0.2, -0.15) is 0 Å². The zero-order valence-corrected chi connectivity index (χ0v) is 27.2. The van der Waals surface area contributed by atoms with Crippen LogP contribution in [0, 0.1) is 0 Å². The molecule has 0 saturated carbocycles. The standard InChI is InChI=1S/C38H21NO6S3/c40-31-24-12-6-4-10-22(24)26(33(31)42)14-20-16-28-35(46-20)37-30(39(28)38(44)45-18-19-8-2-1-3-9-19)36-29(48-37)17-21(47-36)15-27-23-11-5-7-13-25(23)32(41)34(27)43/h1-17,34,43H,18H2/b26-14-,27-15-. The van der Waals surface area contributed by atoms with Crippen LogP contribution in [0.15, 0.2) is 91.0 Å². The van der Waals surface area contributed by atoms with Crippen molar-refractivity contribution in [1.82, 2.24) is 4.57 Å². The molecule has 4 heterocycles. The van der Waals surface area contributed by atoms with Crippen LogP contribution in [0.5, 0.6) is 0 Å². The summed E-state index contributed by atoms with van der Waals surface area (Å²) in [5, 5.41) is 10.8. The van der Waals surface area contributed by atoms with Gasteiger partial charge in [0.2, 0.25) is 11.6 Å². The lowest BCUT2D eigenvalue weighted by Crippen LogP contribution is -2.13. The van der Waals surface area contributed by atoms with Gasteiger partial charge in [-0.3, -0.25) is 14.4 Å². The van der Waals surface area contributed by atoms with Crippen LogP contribution in [0.3, 0.4) is 0 Å². The van der Waals surface area contributed by atoms with Crippen LogP contribution >= 0.6 is 34.0 Å². The third-order valence-electron chi connectivity index (χ3n) is 8.69. The van der Waals surface area contributed by atoms with E-state index < -0.39 is 23.8 Å². The molecule has 2 aliphatic carbocycles. The van der Waals surface area contributed by atoms with E-state index in [-0.39, 0.29) is 12.4 Å². The molecule has 0 bridgehead atoms. The van der Waals surface area contributed by atoms with Crippen LogP contribution in [-0.2, 0) is 16.1 Å². The second kappa shape index (κ2) is 10.9. The summed E-state index contributed by atoms with van der Waals surface area (Å²) < 4.78 is 11.1. The van der Waals surface area contributed by atoms with Crippen LogP contribution in [0.2, 0.25) is 0 Å². The fourth-order valence-electron chi connectivity index (χ4n) is 6.48. The molecule has 10 heteroatoms. The lowest BCUT2D eigenvalue weighted by molar-refractivity contribution is -0.109. The Kier molecular flexibility index (Phi) is 6.57. The largest absolute Gasteiger partial charge is 0.444 e. The maximum atomic E-state index is 13.9. The Morgan fingerprint density at radius 1 is 0.729 bits per heavy atom. The van der Waals surface area contributed by atoms with Crippen molar-refractivity contribution < 1.29 is 29.0 Å². The van der Waals surface area contributed by atoms with Gasteiger partial charge < -0.3 is 9.84 Å². The van der Waals surface area contributed by atoms with E-state index in [0.717, 1.165) is 45.2 Å². The number of aromatic nitrogens is 1. The summed E-state index contributed by atoms with van der Waals surface area (Å²) in [4.78, 5) is 53.8. The number of benzene rings is 3. The highest BCUT2D eigenvalue weighted by Crippen LogP contribution is 2.48. The summed E-state index contributed by atoms with van der Waals surface area (Å²) in [6.45, 7) is 0.0929. The van der Waals surface area contributed by atoms with Crippen molar-refractivity contribution in [3.8, 4) is 0 Å². The number of ketones is 3. The molecule has 0 fully saturated rings. The predicted molar refractivity (Wildman–Crippen MR) is 191 cm³/mol. The van der Waals surface area contributed by atoms with Gasteiger partial charge in [0.05, 0.1) is 25.1 Å². The maximum absolute atomic E-state index is 13.9. The second-order valence-corrected chi connectivity index (χ2v) is 14.8. The molecule has 9 rings (SSSR count). The number of hydrogen-bond acceptors (Lipinski definition) is 9. The van der Waals surface area contributed by atoms with Gasteiger partial charge in [-0.25, -0.2) is 9.36 Å². The molecule has 2 aliphatic rings. The van der Waals surface area contributed by atoms with Crippen molar-refractivity contribution in [2.24, 2.45) is 0 Å². The number of allylic oxidation sites excluding steroid dienone is 1. The minimum absolute atomic E-state index is 0.0929. The van der Waals surface area contributed by atoms with Gasteiger partial charge in [0.1, 0.15) is 12.7 Å². The Labute approximate surface area is 284 Å². The summed E-state index contributed by atoms with van der Waals surface area (Å²) in [7, 11) is 0. The van der Waals surface area contributed by atoms with Crippen molar-refractivity contribution in [2.75, 3.05) is 0 Å². The lowest BCUT2D eigenvalue weighted by Gasteiger charge is -2.07. The van der Waals surface area contributed by atoms with Gasteiger partial charge in [-0.05, 0) is 46.5 Å². The van der Waals surface area contributed by atoms with Gasteiger partial charge in [0, 0.05) is 31.2 Å². The summed E-state index contributed by atoms with van der Waals surface area (Å²) in [5.41, 5.74) is 5.36. The molecule has 1 unspecified atom stereocenters. The van der Waals surface area contributed by atoms with E-state index in [2.05, 4.69) is 0 Å². The molecule has 1 atom stereocenters. The molecule has 4 aromatic heterocycles. The number of aliphatic hydroxyl groups excluding tert-OH is 1. The van der Waals surface area contributed by atoms with E-state index >= 15 is 0 Å². The fraction of sp³-hybridized carbons (Fsp3) is 0.0526. The van der Waals surface area contributed by atoms with Crippen molar-refractivity contribution in [3.63, 3.8) is 0 Å². The van der Waals surface area contributed by atoms with E-state index in [9.17, 15) is 24.3 Å². The molecule has 0 aliphatic heterocycles. The number of fused-ring (bicyclic) bond motifs is 7. The van der Waals surface area contributed by atoms with Gasteiger partial charge in [0.25, 0.3) is 0 Å². The highest BCUT2D eigenvalue weighted by Gasteiger charge is 2.35. The quantitative estimate of drug-likeness (QED) is 0.147. The molecule has 232 valence electrons. The van der Waals surface area contributed by atoms with E-state index in [1.807, 2.05) is 60.7 Å². The topological polar surface area (TPSA) is 103 Å². The van der Waals surface area contributed by atoms with Crippen LogP contribution < -0.4 is 0 Å². The molecule has 0 radical (unpaired) electrons. The number of thiophene rings is 3. The van der Waals surface area contributed by atoms with Gasteiger partial charge in [-0.1, -0.05) is 78.9 Å². The molecule has 7 nitrogen and oxygen atoms in total. The average molecular weight is 684 g/mol. The molecule has 0 saturated heterocycles. The van der Waals surface area contributed by atoms with E-state index in [1.165, 1.54) is 22.7 Å². The Hall–Kier alpha value is -5.26. The minimum atomic E-state index is -1.23. The second-order valence-electron chi connectivity index (χ2n) is 11.5. The van der Waals surface area contributed by atoms with Gasteiger partial charge in [-0.15, -0.1) is 34.0 Å². The summed E-state index contributed by atoms with van der Waals surface area (Å²) >= 11 is 4.48. The first-order valence-electron chi connectivity index (χ1n) is 15.0. The van der Waals surface area contributed by atoms with E-state index in [1.54, 1.807) is 58.4 Å². The van der Waals surface area contributed by atoms with Gasteiger partial charge in [0.15, 0.2) is 5.78 Å². The number of Topliss-reactive ketones (excluding diaryl/α,β-unsaturated/α-hetero) is 3. The molecular formula is C38H21NO6S3. The Bertz CT molecular complexity index is 2610. The molecule has 0 spiro atoms. The number of carbonyl (C=O) groups is 4. The number of rotatable bonds is 4. The van der Waals surface area contributed by atoms with Crippen LogP contribution in [-0.4, -0.2) is 39.2 Å². The highest BCUT2D eigenvalue weighted by atomic mass is 32.1. The summed E-state index contributed by atoms with van der Waals surface area (Å²) in [6.07, 6.45) is 1.82. The number of nitrogens with zero attached hydrogens (tertiary/aromatic N) is 1. The Balaban J connectivity index is 1.19. The number of ether oxygens (including phenoxy) is 1. The smallest absolute Gasteiger partial charge is 0.419 e. The maximum Gasteiger partial charge on any atom is 0.419 e. The number of aliphatic hydroxyl groups is 1. The SMILES string of the molecule is O=C1C(=O)c2ccccc2/C1=C/c1cc2c(s1)c1sc3cc(/C=C4/c5ccccc5C(=O)C4O)sc3c1n2C(=O)OCc1ccccc1. The third-order valence-corrected chi connectivity index (χ3v) is 12.3. The van der Waals surface area contributed by atoms with Crippen molar-refractivity contribution in [1.29, 1.82) is 0 Å². The third kappa shape index (κ3) is 4.34. The zero-order chi connectivity index (χ0) is 32.7. The Morgan fingerprint density at radius 3 is 2.19 bits per heavy atom. The summed E-state index contributed by atoms with van der Waals surface area (Å²) in [6, 6.07) is 27.5. The number of hydrogen-bond donors (Lipinski definition) is 1. The normalized spacial score (nSPS) is 17.4. The molecular weight excluding hydrogens is 663 g/mol. The fourth-order valence-corrected chi connectivity index (χ4v) is 10.3. The van der Waals surface area contributed by atoms with Crippen molar-refractivity contribution >= 4 is 111 Å². The highest BCUT2D eigenvalue weighted by molar-refractivity contribution is 7.36. The predicted octanol–water partition coefficient (Wildman–Crippen LogP) is 8.72. The molecule has 3 aromatic carbocycles. The van der Waals surface area contributed by atoms with Gasteiger partial charge >= 0.3 is 6.09 Å². The van der Waals surface area contributed by atoms with Crippen molar-refractivity contribution in [3.05, 3.63) is 129 Å². The molecule has 48 heavy (non-hydrogen) atoms. The van der Waals surface area contributed by atoms with Crippen molar-refractivity contribution in [2.45, 2.75) is 12.7 Å². The average Bonchev–Trinajstić information content (AvgIpc) is 3.92. The lowest BCUT2D eigenvalue weighted by atomic mass is 10.1. The first-order valence-corrected chi connectivity index (χ1v) is 17.5. The van der Waals surface area contributed by atoms with Crippen LogP contribution in [0.4, 0.5) is 4.79 Å². The number of carbonyl (C=O) groups excluding carboxylic acids is 4. The van der Waals surface area contributed by atoms with Crippen LogP contribution in [0.1, 0.15) is 47.2 Å². The summed E-state index contributed by atoms with van der Waals surface area (Å²) in [5.74, 6) is -1.37. The van der Waals surface area contributed by atoms with E-state index in [4.69, 9.17) is 4.74 Å².